The van der Waals surface area contributed by atoms with E-state index in [4.69, 9.17) is 5.11 Å². The molecule has 0 aliphatic heterocycles. The minimum absolute atomic E-state index is 0.00159. The maximum Gasteiger partial charge on any atom is 0.0811 e. The first-order chi connectivity index (χ1) is 8.31. The van der Waals surface area contributed by atoms with Gasteiger partial charge < -0.3 is 10.2 Å². The summed E-state index contributed by atoms with van der Waals surface area (Å²) in [6, 6.07) is 17.9. The van der Waals surface area contributed by atoms with Gasteiger partial charge in [0.1, 0.15) is 0 Å². The molecule has 88 valence electrons. The van der Waals surface area contributed by atoms with E-state index in [0.717, 1.165) is 16.7 Å². The molecule has 0 amide bonds. The molecule has 0 saturated carbocycles. The zero-order valence-electron chi connectivity index (χ0n) is 9.58. The van der Waals surface area contributed by atoms with Gasteiger partial charge in [0.25, 0.3) is 0 Å². The van der Waals surface area contributed by atoms with Gasteiger partial charge in [-0.05, 0) is 16.7 Å². The second-order valence-electron chi connectivity index (χ2n) is 4.02. The van der Waals surface area contributed by atoms with E-state index in [-0.39, 0.29) is 6.61 Å². The molecule has 2 aromatic carbocycles. The Morgan fingerprint density at radius 1 is 0.824 bits per heavy atom. The lowest BCUT2D eigenvalue weighted by Gasteiger charge is -2.10. The van der Waals surface area contributed by atoms with E-state index in [0.29, 0.717) is 6.42 Å². The van der Waals surface area contributed by atoms with Gasteiger partial charge in [0.15, 0.2) is 0 Å². The quantitative estimate of drug-likeness (QED) is 0.844. The van der Waals surface area contributed by atoms with E-state index in [1.54, 1.807) is 0 Å². The van der Waals surface area contributed by atoms with Crippen LogP contribution in [0.2, 0.25) is 0 Å². The monoisotopic (exact) mass is 228 g/mol. The Balaban J connectivity index is 2.19. The average molecular weight is 228 g/mol. The van der Waals surface area contributed by atoms with Crippen LogP contribution in [0.3, 0.4) is 0 Å². The van der Waals surface area contributed by atoms with E-state index in [1.807, 2.05) is 42.5 Å². The second-order valence-corrected chi connectivity index (χ2v) is 4.02. The summed E-state index contributed by atoms with van der Waals surface area (Å²) in [6.07, 6.45) is -0.199. The normalized spacial score (nSPS) is 12.4. The van der Waals surface area contributed by atoms with Gasteiger partial charge in [-0.15, -0.1) is 0 Å². The first-order valence-corrected chi connectivity index (χ1v) is 5.75. The maximum atomic E-state index is 9.72. The molecule has 0 heterocycles. The molecule has 2 heteroatoms. The first kappa shape index (κ1) is 11.8. The number of rotatable bonds is 4. The van der Waals surface area contributed by atoms with Crippen LogP contribution in [0.1, 0.15) is 18.1 Å². The Morgan fingerprint density at radius 3 is 2.00 bits per heavy atom. The third kappa shape index (κ3) is 2.93. The molecule has 0 aromatic heterocycles. The maximum absolute atomic E-state index is 9.72. The Labute approximate surface area is 101 Å². The lowest BCUT2D eigenvalue weighted by atomic mass is 10.0. The molecule has 0 aliphatic rings. The predicted octanol–water partition coefficient (Wildman–Crippen LogP) is 2.77. The summed E-state index contributed by atoms with van der Waals surface area (Å²) in [4.78, 5) is 0. The SMILES string of the molecule is OCCC(O)c1ccc(-c2ccccc2)cc1. The standard InChI is InChI=1S/C15H16O2/c16-11-10-15(17)14-8-6-13(7-9-14)12-4-2-1-3-5-12/h1-9,15-17H,10-11H2. The van der Waals surface area contributed by atoms with Crippen molar-refractivity contribution in [2.45, 2.75) is 12.5 Å². The molecule has 2 rings (SSSR count). The molecule has 0 radical (unpaired) electrons. The van der Waals surface area contributed by atoms with Gasteiger partial charge in [-0.3, -0.25) is 0 Å². The minimum Gasteiger partial charge on any atom is -0.396 e. The van der Waals surface area contributed by atoms with Gasteiger partial charge >= 0.3 is 0 Å². The van der Waals surface area contributed by atoms with Crippen molar-refractivity contribution in [2.24, 2.45) is 0 Å². The van der Waals surface area contributed by atoms with Crippen LogP contribution in [0.5, 0.6) is 0 Å². The summed E-state index contributed by atoms with van der Waals surface area (Å²) >= 11 is 0. The van der Waals surface area contributed by atoms with Gasteiger partial charge in [0.05, 0.1) is 6.10 Å². The van der Waals surface area contributed by atoms with Crippen LogP contribution >= 0.6 is 0 Å². The summed E-state index contributed by atoms with van der Waals surface area (Å²) in [5.74, 6) is 0. The molecule has 2 aromatic rings. The van der Waals surface area contributed by atoms with Crippen molar-refractivity contribution < 1.29 is 10.2 Å². The Kier molecular flexibility index (Phi) is 3.91. The van der Waals surface area contributed by atoms with E-state index in [2.05, 4.69) is 12.1 Å². The topological polar surface area (TPSA) is 40.5 Å². The third-order valence-electron chi connectivity index (χ3n) is 2.81. The highest BCUT2D eigenvalue weighted by molar-refractivity contribution is 5.63. The van der Waals surface area contributed by atoms with E-state index >= 15 is 0 Å². The zero-order valence-corrected chi connectivity index (χ0v) is 9.58. The highest BCUT2D eigenvalue weighted by Crippen LogP contribution is 2.22. The molecule has 0 bridgehead atoms. The van der Waals surface area contributed by atoms with Crippen LogP contribution in [0.4, 0.5) is 0 Å². The molecule has 0 spiro atoms. The molecule has 2 nitrogen and oxygen atoms in total. The number of hydrogen-bond acceptors (Lipinski definition) is 2. The number of aliphatic hydroxyl groups excluding tert-OH is 2. The molecule has 17 heavy (non-hydrogen) atoms. The average Bonchev–Trinajstić information content (AvgIpc) is 2.40. The van der Waals surface area contributed by atoms with Crippen molar-refractivity contribution in [3.8, 4) is 11.1 Å². The molecular formula is C15H16O2. The molecule has 0 aliphatic carbocycles. The van der Waals surface area contributed by atoms with Crippen molar-refractivity contribution in [3.05, 3.63) is 60.2 Å². The van der Waals surface area contributed by atoms with Crippen molar-refractivity contribution in [1.29, 1.82) is 0 Å². The molecule has 0 saturated heterocycles. The molecular weight excluding hydrogens is 212 g/mol. The van der Waals surface area contributed by atoms with Crippen molar-refractivity contribution in [3.63, 3.8) is 0 Å². The fourth-order valence-corrected chi connectivity index (χ4v) is 1.82. The van der Waals surface area contributed by atoms with Crippen molar-refractivity contribution in [1.82, 2.24) is 0 Å². The fraction of sp³-hybridized carbons (Fsp3) is 0.200. The molecule has 1 unspecified atom stereocenters. The molecule has 1 atom stereocenters. The number of benzene rings is 2. The Bertz CT molecular complexity index is 448. The Hall–Kier alpha value is -1.64. The van der Waals surface area contributed by atoms with Crippen LogP contribution < -0.4 is 0 Å². The van der Waals surface area contributed by atoms with E-state index in [1.165, 1.54) is 0 Å². The van der Waals surface area contributed by atoms with Gasteiger partial charge in [-0.1, -0.05) is 54.6 Å². The van der Waals surface area contributed by atoms with Crippen molar-refractivity contribution in [2.75, 3.05) is 6.61 Å². The lowest BCUT2D eigenvalue weighted by molar-refractivity contribution is 0.134. The zero-order chi connectivity index (χ0) is 12.1. The summed E-state index contributed by atoms with van der Waals surface area (Å²) in [5.41, 5.74) is 3.14. The van der Waals surface area contributed by atoms with Crippen LogP contribution in [0, 0.1) is 0 Å². The highest BCUT2D eigenvalue weighted by atomic mass is 16.3. The van der Waals surface area contributed by atoms with Crippen LogP contribution in [-0.4, -0.2) is 16.8 Å². The van der Waals surface area contributed by atoms with Crippen LogP contribution in [0.25, 0.3) is 11.1 Å². The van der Waals surface area contributed by atoms with E-state index in [9.17, 15) is 5.11 Å². The summed E-state index contributed by atoms with van der Waals surface area (Å²) in [7, 11) is 0. The Morgan fingerprint density at radius 2 is 1.41 bits per heavy atom. The third-order valence-corrected chi connectivity index (χ3v) is 2.81. The fourth-order valence-electron chi connectivity index (χ4n) is 1.82. The first-order valence-electron chi connectivity index (χ1n) is 5.75. The van der Waals surface area contributed by atoms with Gasteiger partial charge in [-0.25, -0.2) is 0 Å². The van der Waals surface area contributed by atoms with Crippen molar-refractivity contribution >= 4 is 0 Å². The van der Waals surface area contributed by atoms with Crippen LogP contribution in [-0.2, 0) is 0 Å². The predicted molar refractivity (Wildman–Crippen MR) is 68.5 cm³/mol. The van der Waals surface area contributed by atoms with Gasteiger partial charge in [0.2, 0.25) is 0 Å². The second kappa shape index (κ2) is 5.62. The van der Waals surface area contributed by atoms with Gasteiger partial charge in [-0.2, -0.15) is 0 Å². The lowest BCUT2D eigenvalue weighted by Crippen LogP contribution is -1.99. The largest absolute Gasteiger partial charge is 0.396 e. The molecule has 2 N–H and O–H groups in total. The molecule has 0 fully saturated rings. The highest BCUT2D eigenvalue weighted by Gasteiger charge is 2.06. The number of hydrogen-bond donors (Lipinski definition) is 2. The summed E-state index contributed by atoms with van der Waals surface area (Å²) < 4.78 is 0. The van der Waals surface area contributed by atoms with Gasteiger partial charge in [0, 0.05) is 13.0 Å². The van der Waals surface area contributed by atoms with E-state index < -0.39 is 6.10 Å². The number of aliphatic hydroxyl groups is 2. The smallest absolute Gasteiger partial charge is 0.0811 e. The minimum atomic E-state index is -0.579. The summed E-state index contributed by atoms with van der Waals surface area (Å²) in [5, 5.41) is 18.5. The van der Waals surface area contributed by atoms with Crippen LogP contribution in [0.15, 0.2) is 54.6 Å². The summed E-state index contributed by atoms with van der Waals surface area (Å²) in [6.45, 7) is 0.00159.